The van der Waals surface area contributed by atoms with Gasteiger partial charge in [0, 0.05) is 4.47 Å². The summed E-state index contributed by atoms with van der Waals surface area (Å²) in [5.41, 5.74) is 2.12. The van der Waals surface area contributed by atoms with Crippen molar-refractivity contribution in [1.82, 2.24) is 9.55 Å². The van der Waals surface area contributed by atoms with Crippen LogP contribution in [-0.2, 0) is 6.54 Å². The van der Waals surface area contributed by atoms with Crippen LogP contribution in [0.1, 0.15) is 5.56 Å². The van der Waals surface area contributed by atoms with E-state index in [9.17, 15) is 9.18 Å². The molecule has 0 saturated carbocycles. The van der Waals surface area contributed by atoms with Crippen LogP contribution in [0.15, 0.2) is 51.7 Å². The molecule has 0 fully saturated rings. The van der Waals surface area contributed by atoms with E-state index in [2.05, 4.69) is 20.9 Å². The number of nitrogens with one attached hydrogen (secondary N) is 1. The Hall–Kier alpha value is -1.88. The fourth-order valence-corrected chi connectivity index (χ4v) is 2.45. The van der Waals surface area contributed by atoms with Crippen molar-refractivity contribution in [3.63, 3.8) is 0 Å². The van der Waals surface area contributed by atoms with Gasteiger partial charge in [0.15, 0.2) is 0 Å². The summed E-state index contributed by atoms with van der Waals surface area (Å²) in [6.07, 6.45) is 0. The number of aromatic amines is 1. The summed E-state index contributed by atoms with van der Waals surface area (Å²) in [5.74, 6) is -0.299. The number of hydrogen-bond acceptors (Lipinski definition) is 1. The van der Waals surface area contributed by atoms with Crippen molar-refractivity contribution in [2.75, 3.05) is 0 Å². The highest BCUT2D eigenvalue weighted by Gasteiger charge is 2.08. The third-order valence-electron chi connectivity index (χ3n) is 2.97. The molecule has 1 aromatic heterocycles. The Kier molecular flexibility index (Phi) is 2.98. The van der Waals surface area contributed by atoms with Gasteiger partial charge in [-0.1, -0.05) is 28.1 Å². The van der Waals surface area contributed by atoms with Crippen molar-refractivity contribution in [3.8, 4) is 0 Å². The molecule has 1 N–H and O–H groups in total. The minimum Gasteiger partial charge on any atom is -0.306 e. The van der Waals surface area contributed by atoms with Gasteiger partial charge in [0.05, 0.1) is 17.6 Å². The minimum atomic E-state index is -0.299. The number of fused-ring (bicyclic) bond motifs is 1. The number of nitrogens with zero attached hydrogens (tertiary/aromatic N) is 1. The van der Waals surface area contributed by atoms with Gasteiger partial charge in [-0.25, -0.2) is 9.18 Å². The zero-order valence-corrected chi connectivity index (χ0v) is 11.4. The van der Waals surface area contributed by atoms with Gasteiger partial charge in [-0.3, -0.25) is 4.57 Å². The van der Waals surface area contributed by atoms with Gasteiger partial charge in [-0.2, -0.15) is 0 Å². The molecule has 0 aliphatic rings. The van der Waals surface area contributed by atoms with Crippen molar-refractivity contribution >= 4 is 27.0 Å². The topological polar surface area (TPSA) is 37.8 Å². The molecular weight excluding hydrogens is 311 g/mol. The molecule has 3 rings (SSSR count). The van der Waals surface area contributed by atoms with E-state index >= 15 is 0 Å². The van der Waals surface area contributed by atoms with Crippen LogP contribution in [0.4, 0.5) is 4.39 Å². The van der Waals surface area contributed by atoms with Gasteiger partial charge in [0.25, 0.3) is 0 Å². The number of rotatable bonds is 2. The van der Waals surface area contributed by atoms with E-state index < -0.39 is 0 Å². The predicted octanol–water partition coefficient (Wildman–Crippen LogP) is 3.28. The third kappa shape index (κ3) is 2.33. The number of aromatic nitrogens is 2. The molecule has 0 radical (unpaired) electrons. The standard InChI is InChI=1S/C14H10BrFN2O/c15-10-4-5-12-13(7-10)18(14(19)17-12)8-9-2-1-3-11(16)6-9/h1-7H,8H2,(H,17,19). The lowest BCUT2D eigenvalue weighted by molar-refractivity contribution is 0.623. The number of H-pyrrole nitrogens is 1. The lowest BCUT2D eigenvalue weighted by Gasteiger charge is -2.04. The van der Waals surface area contributed by atoms with Crippen molar-refractivity contribution in [2.24, 2.45) is 0 Å². The molecule has 0 amide bonds. The van der Waals surface area contributed by atoms with Crippen molar-refractivity contribution in [3.05, 3.63) is 68.8 Å². The van der Waals surface area contributed by atoms with Gasteiger partial charge in [0.2, 0.25) is 0 Å². The zero-order valence-electron chi connectivity index (χ0n) is 9.86. The fraction of sp³-hybridized carbons (Fsp3) is 0.0714. The Morgan fingerprint density at radius 3 is 2.84 bits per heavy atom. The first-order valence-electron chi connectivity index (χ1n) is 5.76. The molecule has 0 saturated heterocycles. The van der Waals surface area contributed by atoms with Gasteiger partial charge in [-0.05, 0) is 35.9 Å². The van der Waals surface area contributed by atoms with E-state index in [0.717, 1.165) is 21.1 Å². The molecule has 0 bridgehead atoms. The molecule has 3 nitrogen and oxygen atoms in total. The van der Waals surface area contributed by atoms with E-state index in [1.807, 2.05) is 18.2 Å². The molecule has 0 atom stereocenters. The molecule has 0 unspecified atom stereocenters. The lowest BCUT2D eigenvalue weighted by Crippen LogP contribution is -2.17. The van der Waals surface area contributed by atoms with Gasteiger partial charge in [-0.15, -0.1) is 0 Å². The first-order chi connectivity index (χ1) is 9.13. The number of imidazole rings is 1. The molecule has 0 aliphatic heterocycles. The second-order valence-corrected chi connectivity index (χ2v) is 5.22. The van der Waals surface area contributed by atoms with Crippen molar-refractivity contribution in [1.29, 1.82) is 0 Å². The fourth-order valence-electron chi connectivity index (χ4n) is 2.10. The lowest BCUT2D eigenvalue weighted by atomic mass is 10.2. The van der Waals surface area contributed by atoms with Crippen molar-refractivity contribution < 1.29 is 4.39 Å². The molecule has 2 aromatic carbocycles. The molecule has 19 heavy (non-hydrogen) atoms. The van der Waals surface area contributed by atoms with Crippen LogP contribution >= 0.6 is 15.9 Å². The summed E-state index contributed by atoms with van der Waals surface area (Å²) in [6.45, 7) is 0.340. The summed E-state index contributed by atoms with van der Waals surface area (Å²) >= 11 is 3.38. The Labute approximate surface area is 116 Å². The van der Waals surface area contributed by atoms with Gasteiger partial charge < -0.3 is 4.98 Å². The monoisotopic (exact) mass is 320 g/mol. The van der Waals surface area contributed by atoms with Gasteiger partial charge in [0.1, 0.15) is 5.82 Å². The summed E-state index contributed by atoms with van der Waals surface area (Å²) in [6, 6.07) is 11.8. The molecular formula is C14H10BrFN2O. The van der Waals surface area contributed by atoms with Crippen LogP contribution in [0.5, 0.6) is 0 Å². The maximum Gasteiger partial charge on any atom is 0.326 e. The Bertz CT molecular complexity index is 807. The largest absolute Gasteiger partial charge is 0.326 e. The van der Waals surface area contributed by atoms with Crippen molar-refractivity contribution in [2.45, 2.75) is 6.54 Å². The van der Waals surface area contributed by atoms with Crippen LogP contribution in [0.25, 0.3) is 11.0 Å². The van der Waals surface area contributed by atoms with E-state index in [1.165, 1.54) is 12.1 Å². The van der Waals surface area contributed by atoms with Crippen LogP contribution in [0.3, 0.4) is 0 Å². The highest BCUT2D eigenvalue weighted by molar-refractivity contribution is 9.10. The second-order valence-electron chi connectivity index (χ2n) is 4.31. The predicted molar refractivity (Wildman–Crippen MR) is 75.8 cm³/mol. The first-order valence-corrected chi connectivity index (χ1v) is 6.55. The summed E-state index contributed by atoms with van der Waals surface area (Å²) < 4.78 is 15.7. The van der Waals surface area contributed by atoms with E-state index in [-0.39, 0.29) is 11.5 Å². The van der Waals surface area contributed by atoms with E-state index in [1.54, 1.807) is 16.7 Å². The van der Waals surface area contributed by atoms with Gasteiger partial charge >= 0.3 is 5.69 Å². The van der Waals surface area contributed by atoms with Crippen LogP contribution < -0.4 is 5.69 Å². The highest BCUT2D eigenvalue weighted by Crippen LogP contribution is 2.18. The minimum absolute atomic E-state index is 0.197. The van der Waals surface area contributed by atoms with E-state index in [4.69, 9.17) is 0 Å². The Morgan fingerprint density at radius 1 is 1.21 bits per heavy atom. The molecule has 1 heterocycles. The average Bonchev–Trinajstić information content (AvgIpc) is 2.66. The summed E-state index contributed by atoms with van der Waals surface area (Å²) in [7, 11) is 0. The van der Waals surface area contributed by atoms with Crippen LogP contribution in [0, 0.1) is 5.82 Å². The smallest absolute Gasteiger partial charge is 0.306 e. The SMILES string of the molecule is O=c1[nH]c2ccc(Br)cc2n1Cc1cccc(F)c1. The normalized spacial score (nSPS) is 11.1. The Morgan fingerprint density at radius 2 is 2.05 bits per heavy atom. The quantitative estimate of drug-likeness (QED) is 0.773. The molecule has 96 valence electrons. The zero-order chi connectivity index (χ0) is 13.4. The first kappa shape index (κ1) is 12.2. The van der Waals surface area contributed by atoms with Crippen LogP contribution in [-0.4, -0.2) is 9.55 Å². The maximum absolute atomic E-state index is 13.2. The highest BCUT2D eigenvalue weighted by atomic mass is 79.9. The molecule has 0 aliphatic carbocycles. The number of benzene rings is 2. The maximum atomic E-state index is 13.2. The van der Waals surface area contributed by atoms with Crippen LogP contribution in [0.2, 0.25) is 0 Å². The summed E-state index contributed by atoms with van der Waals surface area (Å²) in [5, 5.41) is 0. The Balaban J connectivity index is 2.12. The van der Waals surface area contributed by atoms with E-state index in [0.29, 0.717) is 6.54 Å². The average molecular weight is 321 g/mol. The molecule has 3 aromatic rings. The molecule has 0 spiro atoms. The summed E-state index contributed by atoms with van der Waals surface area (Å²) in [4.78, 5) is 14.7. The second kappa shape index (κ2) is 4.66. The number of halogens is 2. The molecule has 5 heteroatoms. The number of hydrogen-bond donors (Lipinski definition) is 1. The third-order valence-corrected chi connectivity index (χ3v) is 3.46.